The van der Waals surface area contributed by atoms with Crippen LogP contribution in [0.1, 0.15) is 29.0 Å². The van der Waals surface area contributed by atoms with Gasteiger partial charge in [-0.3, -0.25) is 9.89 Å². The van der Waals surface area contributed by atoms with Crippen LogP contribution in [0, 0.1) is 12.7 Å². The zero-order chi connectivity index (χ0) is 14.3. The SMILES string of the molecule is Cc1[nH]nc2c1[C@H](c1ccc(F)cc1)S[C@H](C)C(=O)N2. The molecule has 4 nitrogen and oxygen atoms in total. The van der Waals surface area contributed by atoms with Crippen molar-refractivity contribution in [2.75, 3.05) is 5.32 Å². The fraction of sp³-hybridized carbons (Fsp3) is 0.286. The summed E-state index contributed by atoms with van der Waals surface area (Å²) in [4.78, 5) is 12.0. The number of amides is 1. The Morgan fingerprint density at radius 1 is 1.30 bits per heavy atom. The van der Waals surface area contributed by atoms with E-state index in [2.05, 4.69) is 15.5 Å². The number of hydrogen-bond donors (Lipinski definition) is 2. The predicted octanol–water partition coefficient (Wildman–Crippen LogP) is 3.02. The summed E-state index contributed by atoms with van der Waals surface area (Å²) in [5.74, 6) is 0.241. The van der Waals surface area contributed by atoms with Crippen molar-refractivity contribution < 1.29 is 9.18 Å². The highest BCUT2D eigenvalue weighted by molar-refractivity contribution is 8.01. The van der Waals surface area contributed by atoms with Crippen LogP contribution in [0.25, 0.3) is 0 Å². The van der Waals surface area contributed by atoms with Crippen LogP contribution in [0.3, 0.4) is 0 Å². The second kappa shape index (κ2) is 4.94. The van der Waals surface area contributed by atoms with Gasteiger partial charge in [-0.2, -0.15) is 5.10 Å². The molecule has 1 aliphatic heterocycles. The second-order valence-electron chi connectivity index (χ2n) is 4.81. The molecule has 0 radical (unpaired) electrons. The molecule has 0 saturated carbocycles. The molecule has 0 saturated heterocycles. The standard InChI is InChI=1S/C14H14FN3OS/c1-7-11-12(9-3-5-10(15)6-4-9)20-8(2)14(19)16-13(11)18-17-7/h3-6,8,12H,1-2H3,(H2,16,17,18,19)/t8-,12+/m1/s1. The van der Waals surface area contributed by atoms with E-state index in [0.29, 0.717) is 5.82 Å². The Kier molecular flexibility index (Phi) is 3.25. The van der Waals surface area contributed by atoms with Gasteiger partial charge in [-0.05, 0) is 31.5 Å². The monoisotopic (exact) mass is 291 g/mol. The Balaban J connectivity index is 2.10. The summed E-state index contributed by atoms with van der Waals surface area (Å²) in [7, 11) is 0. The summed E-state index contributed by atoms with van der Waals surface area (Å²) in [6.45, 7) is 3.78. The molecule has 1 amide bonds. The number of halogens is 1. The minimum atomic E-state index is -0.265. The fourth-order valence-electron chi connectivity index (χ4n) is 2.29. The predicted molar refractivity (Wildman–Crippen MR) is 77.3 cm³/mol. The van der Waals surface area contributed by atoms with Crippen LogP contribution in [0.5, 0.6) is 0 Å². The maximum atomic E-state index is 13.1. The zero-order valence-corrected chi connectivity index (χ0v) is 11.9. The number of fused-ring (bicyclic) bond motifs is 1. The molecule has 2 N–H and O–H groups in total. The molecule has 2 atom stereocenters. The molecule has 6 heteroatoms. The molecule has 0 unspecified atom stereocenters. The molecule has 20 heavy (non-hydrogen) atoms. The first-order chi connectivity index (χ1) is 9.56. The van der Waals surface area contributed by atoms with Crippen molar-refractivity contribution >= 4 is 23.5 Å². The first-order valence-electron chi connectivity index (χ1n) is 6.33. The van der Waals surface area contributed by atoms with E-state index in [9.17, 15) is 9.18 Å². The number of H-pyrrole nitrogens is 1. The number of carbonyl (C=O) groups excluding carboxylic acids is 1. The van der Waals surface area contributed by atoms with E-state index < -0.39 is 0 Å². The lowest BCUT2D eigenvalue weighted by atomic mass is 10.0. The molecule has 2 aromatic rings. The van der Waals surface area contributed by atoms with Crippen LogP contribution >= 0.6 is 11.8 Å². The van der Waals surface area contributed by atoms with Gasteiger partial charge >= 0.3 is 0 Å². The lowest BCUT2D eigenvalue weighted by Gasteiger charge is -2.17. The van der Waals surface area contributed by atoms with Crippen molar-refractivity contribution in [2.24, 2.45) is 0 Å². The van der Waals surface area contributed by atoms with Crippen molar-refractivity contribution in [3.63, 3.8) is 0 Å². The van der Waals surface area contributed by atoms with E-state index in [0.717, 1.165) is 16.8 Å². The molecule has 104 valence electrons. The van der Waals surface area contributed by atoms with Crippen LogP contribution in [-0.4, -0.2) is 21.4 Å². The third-order valence-corrected chi connectivity index (χ3v) is 4.78. The molecular formula is C14H14FN3OS. The van der Waals surface area contributed by atoms with Crippen molar-refractivity contribution in [1.82, 2.24) is 10.2 Å². The Morgan fingerprint density at radius 3 is 2.70 bits per heavy atom. The molecular weight excluding hydrogens is 277 g/mol. The van der Waals surface area contributed by atoms with Gasteiger partial charge in [-0.15, -0.1) is 11.8 Å². The average Bonchev–Trinajstić information content (AvgIpc) is 2.71. The van der Waals surface area contributed by atoms with Gasteiger partial charge in [0.1, 0.15) is 5.82 Å². The zero-order valence-electron chi connectivity index (χ0n) is 11.1. The van der Waals surface area contributed by atoms with E-state index >= 15 is 0 Å². The Morgan fingerprint density at radius 2 is 2.00 bits per heavy atom. The molecule has 2 heterocycles. The van der Waals surface area contributed by atoms with Gasteiger partial charge in [-0.25, -0.2) is 4.39 Å². The summed E-state index contributed by atoms with van der Waals surface area (Å²) in [5.41, 5.74) is 2.83. The van der Waals surface area contributed by atoms with E-state index in [1.165, 1.54) is 12.1 Å². The van der Waals surface area contributed by atoms with Crippen LogP contribution in [0.4, 0.5) is 10.2 Å². The third-order valence-electron chi connectivity index (χ3n) is 3.38. The minimum absolute atomic E-state index is 0.0432. The van der Waals surface area contributed by atoms with E-state index in [-0.39, 0.29) is 22.2 Å². The lowest BCUT2D eigenvalue weighted by Crippen LogP contribution is -2.21. The number of thioether (sulfide) groups is 1. The summed E-state index contributed by atoms with van der Waals surface area (Å²) in [6.07, 6.45) is 0. The van der Waals surface area contributed by atoms with Crippen LogP contribution in [0.2, 0.25) is 0 Å². The number of aryl methyl sites for hydroxylation is 1. The summed E-state index contributed by atoms with van der Waals surface area (Å²) in [5, 5.41) is 9.64. The highest BCUT2D eigenvalue weighted by atomic mass is 32.2. The highest BCUT2D eigenvalue weighted by Crippen LogP contribution is 2.44. The number of nitrogens with zero attached hydrogens (tertiary/aromatic N) is 1. The summed E-state index contributed by atoms with van der Waals surface area (Å²) < 4.78 is 13.1. The molecule has 0 fully saturated rings. The number of anilines is 1. The van der Waals surface area contributed by atoms with Gasteiger partial charge in [0.2, 0.25) is 5.91 Å². The number of rotatable bonds is 1. The summed E-state index contributed by atoms with van der Waals surface area (Å²) in [6, 6.07) is 6.39. The quantitative estimate of drug-likeness (QED) is 0.849. The van der Waals surface area contributed by atoms with Crippen molar-refractivity contribution in [3.8, 4) is 0 Å². The number of carbonyl (C=O) groups is 1. The van der Waals surface area contributed by atoms with Crippen LogP contribution in [-0.2, 0) is 4.79 Å². The molecule has 0 bridgehead atoms. The van der Waals surface area contributed by atoms with Gasteiger partial charge in [-0.1, -0.05) is 12.1 Å². The Labute approximate surface area is 120 Å². The molecule has 0 spiro atoms. The molecule has 1 aromatic carbocycles. The topological polar surface area (TPSA) is 57.8 Å². The number of benzene rings is 1. The van der Waals surface area contributed by atoms with Crippen molar-refractivity contribution in [1.29, 1.82) is 0 Å². The number of aromatic amines is 1. The molecule has 3 rings (SSSR count). The van der Waals surface area contributed by atoms with Gasteiger partial charge in [0, 0.05) is 11.3 Å². The maximum Gasteiger partial charge on any atom is 0.238 e. The first-order valence-corrected chi connectivity index (χ1v) is 7.27. The largest absolute Gasteiger partial charge is 0.308 e. The summed E-state index contributed by atoms with van der Waals surface area (Å²) >= 11 is 1.54. The van der Waals surface area contributed by atoms with Gasteiger partial charge < -0.3 is 5.32 Å². The molecule has 0 aliphatic carbocycles. The second-order valence-corrected chi connectivity index (χ2v) is 6.26. The lowest BCUT2D eigenvalue weighted by molar-refractivity contribution is -0.115. The van der Waals surface area contributed by atoms with Crippen LogP contribution in [0.15, 0.2) is 24.3 Å². The molecule has 1 aliphatic rings. The number of hydrogen-bond acceptors (Lipinski definition) is 3. The molecule has 1 aromatic heterocycles. The first kappa shape index (κ1) is 13.2. The van der Waals surface area contributed by atoms with E-state index in [1.54, 1.807) is 23.9 Å². The maximum absolute atomic E-state index is 13.1. The normalized spacial score (nSPS) is 22.1. The highest BCUT2D eigenvalue weighted by Gasteiger charge is 2.32. The number of aromatic nitrogens is 2. The van der Waals surface area contributed by atoms with E-state index in [4.69, 9.17) is 0 Å². The third kappa shape index (κ3) is 2.20. The minimum Gasteiger partial charge on any atom is -0.308 e. The fourth-order valence-corrected chi connectivity index (χ4v) is 3.62. The Hall–Kier alpha value is -1.82. The average molecular weight is 291 g/mol. The van der Waals surface area contributed by atoms with Gasteiger partial charge in [0.05, 0.1) is 10.5 Å². The smallest absolute Gasteiger partial charge is 0.238 e. The Bertz CT molecular complexity index is 653. The van der Waals surface area contributed by atoms with E-state index in [1.807, 2.05) is 13.8 Å². The van der Waals surface area contributed by atoms with Gasteiger partial charge in [0.25, 0.3) is 0 Å². The van der Waals surface area contributed by atoms with Gasteiger partial charge in [0.15, 0.2) is 5.82 Å². The van der Waals surface area contributed by atoms with Crippen molar-refractivity contribution in [3.05, 3.63) is 46.9 Å². The van der Waals surface area contributed by atoms with Crippen molar-refractivity contribution in [2.45, 2.75) is 24.3 Å². The number of nitrogens with one attached hydrogen (secondary N) is 2. The van der Waals surface area contributed by atoms with Crippen LogP contribution < -0.4 is 5.32 Å².